The van der Waals surface area contributed by atoms with E-state index in [2.05, 4.69) is 5.32 Å². The molecule has 3 aromatic carbocycles. The fourth-order valence-electron chi connectivity index (χ4n) is 2.77. The molecule has 5 nitrogen and oxygen atoms in total. The van der Waals surface area contributed by atoms with Gasteiger partial charge in [0.25, 0.3) is 5.91 Å². The lowest BCUT2D eigenvalue weighted by molar-refractivity contribution is -0.124. The van der Waals surface area contributed by atoms with Crippen molar-refractivity contribution in [3.05, 3.63) is 106 Å². The van der Waals surface area contributed by atoms with Crippen LogP contribution in [-0.2, 0) is 9.53 Å². The van der Waals surface area contributed by atoms with Crippen molar-refractivity contribution in [2.75, 3.05) is 6.61 Å². The molecule has 3 rings (SSSR count). The molecule has 0 heterocycles. The molecular weight excluding hydrogens is 390 g/mol. The smallest absolute Gasteiger partial charge is 0.338 e. The number of hydrogen-bond donors (Lipinski definition) is 1. The highest BCUT2D eigenvalue weighted by molar-refractivity contribution is 6.30. The van der Waals surface area contributed by atoms with E-state index in [4.69, 9.17) is 16.3 Å². The molecular formula is C23H18ClNO4. The van der Waals surface area contributed by atoms with Crippen molar-refractivity contribution >= 4 is 29.8 Å². The molecule has 0 radical (unpaired) electrons. The Balaban J connectivity index is 1.67. The van der Waals surface area contributed by atoms with Crippen LogP contribution < -0.4 is 5.32 Å². The Labute approximate surface area is 173 Å². The highest BCUT2D eigenvalue weighted by atomic mass is 35.5. The van der Waals surface area contributed by atoms with Crippen molar-refractivity contribution in [3.8, 4) is 0 Å². The van der Waals surface area contributed by atoms with E-state index in [0.29, 0.717) is 16.9 Å². The topological polar surface area (TPSA) is 72.5 Å². The number of halogens is 1. The zero-order valence-corrected chi connectivity index (χ0v) is 16.1. The summed E-state index contributed by atoms with van der Waals surface area (Å²) in [5.74, 6) is -1.08. The van der Waals surface area contributed by atoms with E-state index in [9.17, 15) is 14.4 Å². The predicted octanol–water partition coefficient (Wildman–Crippen LogP) is 4.22. The van der Waals surface area contributed by atoms with Crippen molar-refractivity contribution in [3.63, 3.8) is 0 Å². The number of rotatable bonds is 7. The lowest BCUT2D eigenvalue weighted by Gasteiger charge is -2.20. The van der Waals surface area contributed by atoms with Crippen LogP contribution in [0.15, 0.2) is 78.9 Å². The number of carbonyl (C=O) groups excluding carboxylic acids is 3. The molecule has 0 aliphatic carbocycles. The Morgan fingerprint density at radius 3 is 2.14 bits per heavy atom. The predicted molar refractivity (Wildman–Crippen MR) is 110 cm³/mol. The molecule has 29 heavy (non-hydrogen) atoms. The average molecular weight is 408 g/mol. The van der Waals surface area contributed by atoms with Gasteiger partial charge in [-0.3, -0.25) is 9.59 Å². The Morgan fingerprint density at radius 2 is 1.52 bits per heavy atom. The molecule has 0 fully saturated rings. The van der Waals surface area contributed by atoms with E-state index in [1.54, 1.807) is 12.1 Å². The maximum Gasteiger partial charge on any atom is 0.338 e. The van der Waals surface area contributed by atoms with Gasteiger partial charge >= 0.3 is 5.97 Å². The Kier molecular flexibility index (Phi) is 6.76. The summed E-state index contributed by atoms with van der Waals surface area (Å²) in [5, 5.41) is 3.49. The second-order valence-corrected chi connectivity index (χ2v) is 6.72. The van der Waals surface area contributed by atoms with Crippen LogP contribution in [0.5, 0.6) is 0 Å². The summed E-state index contributed by atoms with van der Waals surface area (Å²) in [6.07, 6.45) is 0.684. The zero-order chi connectivity index (χ0) is 20.6. The lowest BCUT2D eigenvalue weighted by Crippen LogP contribution is -2.33. The summed E-state index contributed by atoms with van der Waals surface area (Å²) in [6.45, 7) is -0.425. The summed E-state index contributed by atoms with van der Waals surface area (Å²) in [5.41, 5.74) is 2.46. The van der Waals surface area contributed by atoms with Gasteiger partial charge in [0.05, 0.1) is 11.6 Å². The number of esters is 1. The van der Waals surface area contributed by atoms with Crippen LogP contribution in [0.1, 0.15) is 37.9 Å². The second kappa shape index (κ2) is 9.66. The maximum absolute atomic E-state index is 12.4. The maximum atomic E-state index is 12.4. The van der Waals surface area contributed by atoms with Crippen LogP contribution >= 0.6 is 11.6 Å². The summed E-state index contributed by atoms with van der Waals surface area (Å²) in [6, 6.07) is 22.2. The first-order chi connectivity index (χ1) is 14.1. The standard InChI is InChI=1S/C23H18ClNO4/c24-20-12-10-18(11-13-20)22(17-4-2-1-3-5-17)25-21(27)15-29-23(28)19-8-6-16(14-26)7-9-19/h1-14,22H,15H2,(H,25,27). The molecule has 3 aromatic rings. The summed E-state index contributed by atoms with van der Waals surface area (Å²) in [7, 11) is 0. The largest absolute Gasteiger partial charge is 0.452 e. The van der Waals surface area contributed by atoms with Gasteiger partial charge in [0.1, 0.15) is 6.29 Å². The molecule has 0 aliphatic rings. The highest BCUT2D eigenvalue weighted by Crippen LogP contribution is 2.23. The molecule has 0 aliphatic heterocycles. The van der Waals surface area contributed by atoms with E-state index in [0.717, 1.165) is 11.1 Å². The van der Waals surface area contributed by atoms with Crippen LogP contribution in [0.4, 0.5) is 0 Å². The zero-order valence-electron chi connectivity index (χ0n) is 15.4. The van der Waals surface area contributed by atoms with Crippen LogP contribution in [0.3, 0.4) is 0 Å². The van der Waals surface area contributed by atoms with Crippen LogP contribution in [0.2, 0.25) is 5.02 Å². The minimum Gasteiger partial charge on any atom is -0.452 e. The minimum absolute atomic E-state index is 0.265. The molecule has 0 aromatic heterocycles. The average Bonchev–Trinajstić information content (AvgIpc) is 2.77. The number of carbonyl (C=O) groups is 3. The first-order valence-corrected chi connectivity index (χ1v) is 9.27. The Morgan fingerprint density at radius 1 is 0.897 bits per heavy atom. The Hall–Kier alpha value is -3.44. The van der Waals surface area contributed by atoms with E-state index in [1.165, 1.54) is 24.3 Å². The summed E-state index contributed by atoms with van der Waals surface area (Å²) in [4.78, 5) is 35.2. The van der Waals surface area contributed by atoms with Gasteiger partial charge in [-0.1, -0.05) is 66.2 Å². The number of aldehydes is 1. The number of nitrogens with one attached hydrogen (secondary N) is 1. The minimum atomic E-state index is -0.639. The molecule has 146 valence electrons. The van der Waals surface area contributed by atoms with Crippen molar-refractivity contribution in [1.82, 2.24) is 5.32 Å². The van der Waals surface area contributed by atoms with Crippen molar-refractivity contribution in [2.24, 2.45) is 0 Å². The van der Waals surface area contributed by atoms with Gasteiger partial charge in [0.2, 0.25) is 0 Å². The third kappa shape index (κ3) is 5.53. The van der Waals surface area contributed by atoms with Crippen molar-refractivity contribution in [1.29, 1.82) is 0 Å². The molecule has 0 saturated heterocycles. The van der Waals surface area contributed by atoms with E-state index in [-0.39, 0.29) is 5.56 Å². The first kappa shape index (κ1) is 20.3. The number of ether oxygens (including phenoxy) is 1. The third-order valence-electron chi connectivity index (χ3n) is 4.26. The lowest BCUT2D eigenvalue weighted by atomic mass is 9.99. The van der Waals surface area contributed by atoms with Gasteiger partial charge < -0.3 is 10.1 Å². The molecule has 1 amide bonds. The first-order valence-electron chi connectivity index (χ1n) is 8.89. The van der Waals surface area contributed by atoms with Gasteiger partial charge in [-0.15, -0.1) is 0 Å². The van der Waals surface area contributed by atoms with Crippen LogP contribution in [0, 0.1) is 0 Å². The SMILES string of the molecule is O=Cc1ccc(C(=O)OCC(=O)NC(c2ccccc2)c2ccc(Cl)cc2)cc1. The van der Waals surface area contributed by atoms with Gasteiger partial charge in [-0.05, 0) is 35.4 Å². The monoisotopic (exact) mass is 407 g/mol. The number of benzene rings is 3. The van der Waals surface area contributed by atoms with Gasteiger partial charge in [-0.25, -0.2) is 4.79 Å². The van der Waals surface area contributed by atoms with Crippen LogP contribution in [-0.4, -0.2) is 24.8 Å². The molecule has 0 spiro atoms. The number of hydrogen-bond acceptors (Lipinski definition) is 4. The highest BCUT2D eigenvalue weighted by Gasteiger charge is 2.18. The fraction of sp³-hybridized carbons (Fsp3) is 0.0870. The van der Waals surface area contributed by atoms with E-state index in [1.807, 2.05) is 42.5 Å². The fourth-order valence-corrected chi connectivity index (χ4v) is 2.90. The summed E-state index contributed by atoms with van der Waals surface area (Å²) >= 11 is 5.97. The van der Waals surface area contributed by atoms with E-state index < -0.39 is 24.5 Å². The molecule has 0 bridgehead atoms. The Bertz CT molecular complexity index is 986. The summed E-state index contributed by atoms with van der Waals surface area (Å²) < 4.78 is 5.09. The second-order valence-electron chi connectivity index (χ2n) is 6.28. The molecule has 0 saturated carbocycles. The normalized spacial score (nSPS) is 11.3. The van der Waals surface area contributed by atoms with Crippen molar-refractivity contribution < 1.29 is 19.1 Å². The van der Waals surface area contributed by atoms with Crippen molar-refractivity contribution in [2.45, 2.75) is 6.04 Å². The third-order valence-corrected chi connectivity index (χ3v) is 4.51. The van der Waals surface area contributed by atoms with Gasteiger partial charge in [0.15, 0.2) is 6.61 Å². The molecule has 1 unspecified atom stereocenters. The number of amides is 1. The van der Waals surface area contributed by atoms with Crippen LogP contribution in [0.25, 0.3) is 0 Å². The van der Waals surface area contributed by atoms with Gasteiger partial charge in [0, 0.05) is 10.6 Å². The quantitative estimate of drug-likeness (QED) is 0.470. The van der Waals surface area contributed by atoms with Gasteiger partial charge in [-0.2, -0.15) is 0 Å². The molecule has 1 atom stereocenters. The van der Waals surface area contributed by atoms with E-state index >= 15 is 0 Å². The molecule has 6 heteroatoms. The molecule has 1 N–H and O–H groups in total.